The summed E-state index contributed by atoms with van der Waals surface area (Å²) in [6.45, 7) is 15.9. The van der Waals surface area contributed by atoms with Gasteiger partial charge in [-0.25, -0.2) is 0 Å². The average molecular weight is 618 g/mol. The van der Waals surface area contributed by atoms with Gasteiger partial charge in [0.15, 0.2) is 11.6 Å². The van der Waals surface area contributed by atoms with E-state index in [1.165, 1.54) is 17.1 Å². The summed E-state index contributed by atoms with van der Waals surface area (Å²) in [6, 6.07) is -1.58. The van der Waals surface area contributed by atoms with Gasteiger partial charge in [-0.15, -0.1) is 0 Å². The Morgan fingerprint density at radius 2 is 1.45 bits per heavy atom. The van der Waals surface area contributed by atoms with Crippen molar-refractivity contribution >= 4 is 29.3 Å². The molecule has 2 aliphatic carbocycles. The molecule has 2 aliphatic rings. The Morgan fingerprint density at radius 3 is 1.91 bits per heavy atom. The van der Waals surface area contributed by atoms with Gasteiger partial charge in [-0.2, -0.15) is 0 Å². The predicted molar refractivity (Wildman–Crippen MR) is 173 cm³/mol. The van der Waals surface area contributed by atoms with Crippen molar-refractivity contribution < 1.29 is 28.7 Å². The lowest BCUT2D eigenvalue weighted by Crippen LogP contribution is -2.60. The maximum atomic E-state index is 13.8. The number of likely N-dealkylation sites (N-methyl/N-ethyl adjacent to an activating group) is 2. The number of fused-ring (bicyclic) bond motifs is 1. The molecule has 9 heteroatoms. The SMILES string of the molecule is CC[C@H](C)[C@@H]([C@@H](CC)OC)N(C)C(=O)[C@@H](NC(=O)[C@H](C(C)C)N(C)C(=O)CCCCCC1(C)C2C(=O)C=CC(=O)C21)C(C)C. The van der Waals surface area contributed by atoms with Crippen LogP contribution < -0.4 is 5.32 Å². The Labute approximate surface area is 265 Å². The Hall–Kier alpha value is -2.55. The van der Waals surface area contributed by atoms with Gasteiger partial charge in [0.25, 0.3) is 0 Å². The molecular weight excluding hydrogens is 558 g/mol. The Balaban J connectivity index is 1.99. The summed E-state index contributed by atoms with van der Waals surface area (Å²) in [7, 11) is 5.13. The molecule has 0 saturated heterocycles. The molecule has 0 aromatic heterocycles. The minimum absolute atomic E-state index is 0.0513. The van der Waals surface area contributed by atoms with Gasteiger partial charge in [0.2, 0.25) is 17.7 Å². The van der Waals surface area contributed by atoms with Crippen LogP contribution in [-0.2, 0) is 28.7 Å². The summed E-state index contributed by atoms with van der Waals surface area (Å²) in [5, 5.41) is 3.01. The van der Waals surface area contributed by atoms with E-state index in [0.717, 1.165) is 32.1 Å². The number of carbonyl (C=O) groups is 5. The number of hydrogen-bond acceptors (Lipinski definition) is 6. The summed E-state index contributed by atoms with van der Waals surface area (Å²) in [5.41, 5.74) is -0.270. The normalized spacial score (nSPS) is 24.4. The van der Waals surface area contributed by atoms with Gasteiger partial charge in [-0.1, -0.05) is 74.7 Å². The molecule has 44 heavy (non-hydrogen) atoms. The second-order valence-corrected chi connectivity index (χ2v) is 14.1. The number of nitrogens with zero attached hydrogens (tertiary/aromatic N) is 2. The third-order valence-electron chi connectivity index (χ3n) is 10.3. The number of nitrogens with one attached hydrogen (secondary N) is 1. The summed E-state index contributed by atoms with van der Waals surface area (Å²) in [6.07, 6.45) is 7.74. The van der Waals surface area contributed by atoms with Crippen LogP contribution >= 0.6 is 0 Å². The molecule has 7 atom stereocenters. The molecule has 0 aromatic carbocycles. The van der Waals surface area contributed by atoms with Crippen molar-refractivity contribution in [2.24, 2.45) is 35.0 Å². The van der Waals surface area contributed by atoms with Gasteiger partial charge in [-0.3, -0.25) is 24.0 Å². The first kappa shape index (κ1) is 37.6. The zero-order valence-electron chi connectivity index (χ0n) is 29.1. The minimum Gasteiger partial charge on any atom is -0.379 e. The Kier molecular flexibility index (Phi) is 13.8. The fourth-order valence-corrected chi connectivity index (χ4v) is 7.35. The number of amides is 3. The maximum Gasteiger partial charge on any atom is 0.245 e. The molecule has 1 saturated carbocycles. The smallest absolute Gasteiger partial charge is 0.245 e. The fraction of sp³-hybridized carbons (Fsp3) is 0.800. The molecule has 0 aliphatic heterocycles. The lowest BCUT2D eigenvalue weighted by atomic mass is 9.90. The topological polar surface area (TPSA) is 113 Å². The molecule has 0 radical (unpaired) electrons. The van der Waals surface area contributed by atoms with E-state index in [1.807, 2.05) is 41.5 Å². The second kappa shape index (κ2) is 16.1. The van der Waals surface area contributed by atoms with E-state index < -0.39 is 12.1 Å². The maximum absolute atomic E-state index is 13.8. The van der Waals surface area contributed by atoms with E-state index in [1.54, 1.807) is 26.1 Å². The van der Waals surface area contributed by atoms with Crippen molar-refractivity contribution in [1.29, 1.82) is 0 Å². The fourth-order valence-electron chi connectivity index (χ4n) is 7.35. The van der Waals surface area contributed by atoms with E-state index in [4.69, 9.17) is 4.74 Å². The largest absolute Gasteiger partial charge is 0.379 e. The van der Waals surface area contributed by atoms with E-state index in [9.17, 15) is 24.0 Å². The van der Waals surface area contributed by atoms with Crippen LogP contribution in [-0.4, -0.2) is 84.5 Å². The first-order valence-corrected chi connectivity index (χ1v) is 16.7. The molecular formula is C35H59N3O6. The van der Waals surface area contributed by atoms with Gasteiger partial charge in [0.05, 0.1) is 12.1 Å². The molecule has 0 heterocycles. The van der Waals surface area contributed by atoms with E-state index in [2.05, 4.69) is 19.2 Å². The lowest BCUT2D eigenvalue weighted by molar-refractivity contribution is -0.145. The van der Waals surface area contributed by atoms with Gasteiger partial charge in [0.1, 0.15) is 12.1 Å². The van der Waals surface area contributed by atoms with Gasteiger partial charge in [0, 0.05) is 39.5 Å². The van der Waals surface area contributed by atoms with Crippen molar-refractivity contribution in [2.75, 3.05) is 21.2 Å². The minimum atomic E-state index is -0.736. The van der Waals surface area contributed by atoms with Crippen LogP contribution in [0.15, 0.2) is 12.2 Å². The number of rotatable bonds is 18. The predicted octanol–water partition coefficient (Wildman–Crippen LogP) is 4.82. The number of ether oxygens (including phenoxy) is 1. The highest BCUT2D eigenvalue weighted by atomic mass is 16.5. The highest BCUT2D eigenvalue weighted by Gasteiger charge is 2.67. The van der Waals surface area contributed by atoms with Crippen LogP contribution in [0, 0.1) is 35.0 Å². The number of allylic oxidation sites excluding steroid dienone is 2. The zero-order valence-corrected chi connectivity index (χ0v) is 29.1. The van der Waals surface area contributed by atoms with Crippen molar-refractivity contribution in [3.63, 3.8) is 0 Å². The van der Waals surface area contributed by atoms with Crippen LogP contribution in [0.2, 0.25) is 0 Å². The number of ketones is 2. The molecule has 9 nitrogen and oxygen atoms in total. The van der Waals surface area contributed by atoms with Gasteiger partial charge < -0.3 is 19.9 Å². The van der Waals surface area contributed by atoms with Crippen molar-refractivity contribution in [1.82, 2.24) is 15.1 Å². The van der Waals surface area contributed by atoms with Crippen LogP contribution in [0.5, 0.6) is 0 Å². The monoisotopic (exact) mass is 617 g/mol. The number of methoxy groups -OCH3 is 1. The number of carbonyl (C=O) groups excluding carboxylic acids is 5. The Morgan fingerprint density at radius 1 is 0.886 bits per heavy atom. The molecule has 0 bridgehead atoms. The molecule has 0 aromatic rings. The summed E-state index contributed by atoms with van der Waals surface area (Å²) in [4.78, 5) is 68.4. The number of hydrogen-bond donors (Lipinski definition) is 1. The first-order chi connectivity index (χ1) is 20.6. The van der Waals surface area contributed by atoms with Crippen LogP contribution in [0.25, 0.3) is 0 Å². The van der Waals surface area contributed by atoms with E-state index in [0.29, 0.717) is 12.8 Å². The molecule has 0 spiro atoms. The summed E-state index contributed by atoms with van der Waals surface area (Å²) < 4.78 is 5.75. The van der Waals surface area contributed by atoms with Gasteiger partial charge in [-0.05, 0) is 54.6 Å². The highest BCUT2D eigenvalue weighted by molar-refractivity contribution is 6.11. The van der Waals surface area contributed by atoms with Crippen LogP contribution in [0.1, 0.15) is 100 Å². The third kappa shape index (κ3) is 8.38. The van der Waals surface area contributed by atoms with E-state index >= 15 is 0 Å². The lowest BCUT2D eigenvalue weighted by Gasteiger charge is -2.40. The third-order valence-corrected chi connectivity index (χ3v) is 10.3. The molecule has 250 valence electrons. The Bertz CT molecular complexity index is 1040. The van der Waals surface area contributed by atoms with Crippen molar-refractivity contribution in [3.8, 4) is 0 Å². The molecule has 2 rings (SSSR count). The molecule has 1 N–H and O–H groups in total. The molecule has 3 amide bonds. The quantitative estimate of drug-likeness (QED) is 0.221. The van der Waals surface area contributed by atoms with Crippen molar-refractivity contribution in [3.05, 3.63) is 12.2 Å². The van der Waals surface area contributed by atoms with Crippen LogP contribution in [0.3, 0.4) is 0 Å². The number of unbranched alkanes of at least 4 members (excludes halogenated alkanes) is 2. The summed E-state index contributed by atoms with van der Waals surface area (Å²) >= 11 is 0. The summed E-state index contributed by atoms with van der Waals surface area (Å²) in [5.74, 6) is -0.975. The standard InChI is InChI=1S/C35H59N3O6/c1-12-23(7)32(26(13-2)44-11)38(10)34(43)30(21(3)4)36-33(42)31(22(5)6)37(9)27(41)17-15-14-16-20-35(8)28-24(39)18-19-25(40)29(28)35/h18-19,21-23,26,28-32H,12-17,20H2,1-11H3,(H,36,42)/t23-,26+,28?,29?,30-,31-,32-,35?/m0/s1. The second-order valence-electron chi connectivity index (χ2n) is 14.1. The van der Waals surface area contributed by atoms with Crippen molar-refractivity contribution in [2.45, 2.75) is 125 Å². The van der Waals surface area contributed by atoms with Gasteiger partial charge >= 0.3 is 0 Å². The first-order valence-electron chi connectivity index (χ1n) is 16.7. The van der Waals surface area contributed by atoms with E-state index in [-0.39, 0.29) is 76.4 Å². The average Bonchev–Trinajstić information content (AvgIpc) is 3.61. The molecule has 2 unspecified atom stereocenters. The zero-order chi connectivity index (χ0) is 33.5. The molecule has 1 fully saturated rings. The highest BCUT2D eigenvalue weighted by Crippen LogP contribution is 2.63. The van der Waals surface area contributed by atoms with Crippen LogP contribution in [0.4, 0.5) is 0 Å².